The van der Waals surface area contributed by atoms with Gasteiger partial charge in [-0.2, -0.15) is 0 Å². The molecule has 2 unspecified atom stereocenters. The highest BCUT2D eigenvalue weighted by Gasteiger charge is 2.31. The van der Waals surface area contributed by atoms with Crippen LogP contribution in [0.25, 0.3) is 11.1 Å². The predicted octanol–water partition coefficient (Wildman–Crippen LogP) is 5.19. The molecule has 2 N–H and O–H groups in total. The number of nitrogens with one attached hydrogen (secondary N) is 2. The lowest BCUT2D eigenvalue weighted by atomic mass is 9.89. The van der Waals surface area contributed by atoms with Crippen molar-refractivity contribution in [2.75, 3.05) is 7.11 Å². The Morgan fingerprint density at radius 2 is 1.49 bits per heavy atom. The molecule has 4 rings (SSSR count). The van der Waals surface area contributed by atoms with E-state index in [9.17, 15) is 19.2 Å². The molecule has 2 atom stereocenters. The van der Waals surface area contributed by atoms with Gasteiger partial charge >= 0.3 is 5.97 Å². The van der Waals surface area contributed by atoms with Gasteiger partial charge in [-0.1, -0.05) is 85.6 Å². The van der Waals surface area contributed by atoms with Crippen LogP contribution in [0.3, 0.4) is 0 Å². The van der Waals surface area contributed by atoms with E-state index in [4.69, 9.17) is 4.74 Å². The van der Waals surface area contributed by atoms with E-state index in [1.54, 1.807) is 30.3 Å². The normalized spacial score (nSPS) is 17.3. The SMILES string of the molecule is COC(=O)c1ccc(C/C=C(/NC(C)=O)C(=O)NC2CCCCC(Cc3ccc(-c4ccccc4)cc3)C2=O)cc1. The minimum absolute atomic E-state index is 0.0311. The van der Waals surface area contributed by atoms with Crippen molar-refractivity contribution in [3.8, 4) is 11.1 Å². The second-order valence-corrected chi connectivity index (χ2v) is 10.4. The van der Waals surface area contributed by atoms with E-state index in [0.717, 1.165) is 41.5 Å². The van der Waals surface area contributed by atoms with Gasteiger partial charge in [-0.3, -0.25) is 14.4 Å². The summed E-state index contributed by atoms with van der Waals surface area (Å²) in [6.07, 6.45) is 5.70. The second kappa shape index (κ2) is 14.2. The Labute approximate surface area is 241 Å². The molecule has 0 radical (unpaired) electrons. The smallest absolute Gasteiger partial charge is 0.337 e. The summed E-state index contributed by atoms with van der Waals surface area (Å²) in [6, 6.07) is 24.7. The van der Waals surface area contributed by atoms with Crippen LogP contribution in [0.1, 0.15) is 54.1 Å². The van der Waals surface area contributed by atoms with E-state index in [1.165, 1.54) is 14.0 Å². The van der Waals surface area contributed by atoms with Gasteiger partial charge in [-0.05, 0) is 60.1 Å². The van der Waals surface area contributed by atoms with Crippen LogP contribution in [0.15, 0.2) is 90.6 Å². The van der Waals surface area contributed by atoms with Crippen LogP contribution in [0.2, 0.25) is 0 Å². The molecule has 7 nitrogen and oxygen atoms in total. The van der Waals surface area contributed by atoms with Gasteiger partial charge in [-0.25, -0.2) is 4.79 Å². The quantitative estimate of drug-likeness (QED) is 0.216. The lowest BCUT2D eigenvalue weighted by Gasteiger charge is -2.21. The third-order valence-electron chi connectivity index (χ3n) is 7.36. The molecule has 2 amide bonds. The number of ether oxygens (including phenoxy) is 1. The summed E-state index contributed by atoms with van der Waals surface area (Å²) in [6.45, 7) is 1.34. The Bertz CT molecular complexity index is 1400. The summed E-state index contributed by atoms with van der Waals surface area (Å²) < 4.78 is 4.72. The Morgan fingerprint density at radius 3 is 2.15 bits per heavy atom. The maximum atomic E-state index is 13.6. The van der Waals surface area contributed by atoms with Gasteiger partial charge in [0.1, 0.15) is 5.70 Å². The summed E-state index contributed by atoms with van der Waals surface area (Å²) in [5.74, 6) is -1.45. The molecule has 1 aliphatic rings. The molecule has 0 saturated heterocycles. The number of allylic oxidation sites excluding steroid dienone is 1. The van der Waals surface area contributed by atoms with E-state index >= 15 is 0 Å². The Hall–Kier alpha value is -4.52. The van der Waals surface area contributed by atoms with Crippen molar-refractivity contribution in [2.45, 2.75) is 51.5 Å². The number of carbonyl (C=O) groups excluding carboxylic acids is 4. The van der Waals surface area contributed by atoms with Crippen molar-refractivity contribution >= 4 is 23.6 Å². The Balaban J connectivity index is 1.42. The van der Waals surface area contributed by atoms with Crippen LogP contribution in [-0.2, 0) is 32.0 Å². The first-order valence-corrected chi connectivity index (χ1v) is 14.0. The van der Waals surface area contributed by atoms with Crippen LogP contribution in [0.4, 0.5) is 0 Å². The van der Waals surface area contributed by atoms with Gasteiger partial charge in [0.2, 0.25) is 5.91 Å². The van der Waals surface area contributed by atoms with Crippen molar-refractivity contribution in [2.24, 2.45) is 5.92 Å². The predicted molar refractivity (Wildman–Crippen MR) is 158 cm³/mol. The first kappa shape index (κ1) is 29.5. The summed E-state index contributed by atoms with van der Waals surface area (Å²) >= 11 is 0. The van der Waals surface area contributed by atoms with Crippen LogP contribution in [-0.4, -0.2) is 36.7 Å². The molecule has 0 heterocycles. The molecule has 7 heteroatoms. The fraction of sp³-hybridized carbons (Fsp3) is 0.294. The average Bonchev–Trinajstić information content (AvgIpc) is 3.16. The average molecular weight is 553 g/mol. The van der Waals surface area contributed by atoms with E-state index in [2.05, 4.69) is 47.0 Å². The van der Waals surface area contributed by atoms with Gasteiger partial charge in [0.15, 0.2) is 5.78 Å². The standard InChI is InChI=1S/C34H36N2O5/c1-23(37)35-31(21-16-24-12-19-28(20-13-24)34(40)41-2)33(39)36-30-11-7-6-10-29(32(30)38)22-25-14-17-27(18-15-25)26-8-4-3-5-9-26/h3-5,8-9,12-15,17-21,29-30H,6-7,10-11,16,22H2,1-2H3,(H,35,37)(H,36,39)/b31-21+. The fourth-order valence-corrected chi connectivity index (χ4v) is 5.14. The zero-order valence-corrected chi connectivity index (χ0v) is 23.5. The lowest BCUT2D eigenvalue weighted by molar-refractivity contribution is -0.129. The van der Waals surface area contributed by atoms with Crippen LogP contribution < -0.4 is 10.6 Å². The summed E-state index contributed by atoms with van der Waals surface area (Å²) in [5.41, 5.74) is 4.73. The van der Waals surface area contributed by atoms with Crippen molar-refractivity contribution in [1.82, 2.24) is 10.6 Å². The number of carbonyl (C=O) groups is 4. The number of rotatable bonds is 9. The molecule has 3 aromatic carbocycles. The molecule has 0 aliphatic heterocycles. The summed E-state index contributed by atoms with van der Waals surface area (Å²) in [5, 5.41) is 5.50. The minimum atomic E-state index is -0.616. The van der Waals surface area contributed by atoms with E-state index in [1.807, 2.05) is 18.2 Å². The van der Waals surface area contributed by atoms with Gasteiger partial charge < -0.3 is 15.4 Å². The number of ketones is 1. The van der Waals surface area contributed by atoms with Crippen molar-refractivity contribution < 1.29 is 23.9 Å². The molecule has 41 heavy (non-hydrogen) atoms. The molecule has 3 aromatic rings. The number of amides is 2. The third kappa shape index (κ3) is 8.24. The topological polar surface area (TPSA) is 102 Å². The molecular formula is C34H36N2O5. The summed E-state index contributed by atoms with van der Waals surface area (Å²) in [4.78, 5) is 50.3. The second-order valence-electron chi connectivity index (χ2n) is 10.4. The highest BCUT2D eigenvalue weighted by molar-refractivity contribution is 6.00. The number of methoxy groups -OCH3 is 1. The number of esters is 1. The van der Waals surface area contributed by atoms with Gasteiger partial charge in [-0.15, -0.1) is 0 Å². The van der Waals surface area contributed by atoms with Crippen molar-refractivity contribution in [3.05, 3.63) is 107 Å². The van der Waals surface area contributed by atoms with Crippen LogP contribution >= 0.6 is 0 Å². The number of hydrogen-bond acceptors (Lipinski definition) is 5. The highest BCUT2D eigenvalue weighted by atomic mass is 16.5. The van der Waals surface area contributed by atoms with Crippen LogP contribution in [0.5, 0.6) is 0 Å². The van der Waals surface area contributed by atoms with Gasteiger partial charge in [0.05, 0.1) is 18.7 Å². The van der Waals surface area contributed by atoms with Crippen molar-refractivity contribution in [1.29, 1.82) is 0 Å². The molecule has 1 aliphatic carbocycles. The monoisotopic (exact) mass is 552 g/mol. The molecule has 1 saturated carbocycles. The van der Waals surface area contributed by atoms with Gasteiger partial charge in [0.25, 0.3) is 5.91 Å². The number of hydrogen-bond donors (Lipinski definition) is 2. The molecule has 0 bridgehead atoms. The van der Waals surface area contributed by atoms with Gasteiger partial charge in [0, 0.05) is 12.8 Å². The largest absolute Gasteiger partial charge is 0.465 e. The highest BCUT2D eigenvalue weighted by Crippen LogP contribution is 2.26. The first-order chi connectivity index (χ1) is 19.8. The molecule has 1 fully saturated rings. The van der Waals surface area contributed by atoms with E-state index in [0.29, 0.717) is 24.8 Å². The first-order valence-electron chi connectivity index (χ1n) is 14.0. The zero-order valence-electron chi connectivity index (χ0n) is 23.5. The number of benzene rings is 3. The molecule has 0 aromatic heterocycles. The number of Topliss-reactive ketones (excluding diaryl/α,β-unsaturated/α-hetero) is 1. The Morgan fingerprint density at radius 1 is 0.854 bits per heavy atom. The molecular weight excluding hydrogens is 516 g/mol. The van der Waals surface area contributed by atoms with E-state index < -0.39 is 17.9 Å². The summed E-state index contributed by atoms with van der Waals surface area (Å²) in [7, 11) is 1.32. The maximum Gasteiger partial charge on any atom is 0.337 e. The Kier molecular flexibility index (Phi) is 10.2. The third-order valence-corrected chi connectivity index (χ3v) is 7.36. The lowest BCUT2D eigenvalue weighted by Crippen LogP contribution is -2.45. The minimum Gasteiger partial charge on any atom is -0.465 e. The molecule has 0 spiro atoms. The molecule has 212 valence electrons. The van der Waals surface area contributed by atoms with Crippen LogP contribution in [0, 0.1) is 5.92 Å². The van der Waals surface area contributed by atoms with Crippen molar-refractivity contribution in [3.63, 3.8) is 0 Å². The fourth-order valence-electron chi connectivity index (χ4n) is 5.14. The van der Waals surface area contributed by atoms with E-state index in [-0.39, 0.29) is 23.3 Å². The maximum absolute atomic E-state index is 13.6. The zero-order chi connectivity index (χ0) is 29.2.